The lowest BCUT2D eigenvalue weighted by molar-refractivity contribution is -0.136. The Labute approximate surface area is 160 Å². The number of carbonyl (C=O) groups is 1. The Hall–Kier alpha value is -2.18. The highest BCUT2D eigenvalue weighted by molar-refractivity contribution is 5.81. The van der Waals surface area contributed by atoms with E-state index in [2.05, 4.69) is 10.4 Å². The van der Waals surface area contributed by atoms with Gasteiger partial charge in [0, 0.05) is 44.8 Å². The number of carbonyl (C=O) groups excluding carboxylic acids is 1. The summed E-state index contributed by atoms with van der Waals surface area (Å²) < 4.78 is 1.80. The number of nitrogens with one attached hydrogen (secondary N) is 1. The Bertz CT molecular complexity index is 775. The fourth-order valence-electron chi connectivity index (χ4n) is 4.57. The number of likely N-dealkylation sites (tertiary alicyclic amines) is 1. The van der Waals surface area contributed by atoms with Crippen LogP contribution in [0.5, 0.6) is 0 Å². The number of benzene rings is 1. The molecule has 2 aromatic rings. The highest BCUT2D eigenvalue weighted by Gasteiger charge is 2.40. The van der Waals surface area contributed by atoms with Gasteiger partial charge in [-0.3, -0.25) is 9.48 Å². The van der Waals surface area contributed by atoms with Crippen LogP contribution in [0, 0.1) is 5.92 Å². The monoisotopic (exact) mass is 368 g/mol. The second-order valence-electron chi connectivity index (χ2n) is 7.81. The largest absolute Gasteiger partial charge is 0.388 e. The predicted molar refractivity (Wildman–Crippen MR) is 103 cm³/mol. The summed E-state index contributed by atoms with van der Waals surface area (Å²) in [6, 6.07) is 9.85. The Morgan fingerprint density at radius 3 is 2.89 bits per heavy atom. The first-order chi connectivity index (χ1) is 13.1. The van der Waals surface area contributed by atoms with Gasteiger partial charge in [-0.05, 0) is 30.4 Å². The molecule has 27 heavy (non-hydrogen) atoms. The number of hydrogen-bond donors (Lipinski definition) is 2. The van der Waals surface area contributed by atoms with Crippen molar-refractivity contribution in [1.82, 2.24) is 20.0 Å². The van der Waals surface area contributed by atoms with Crippen molar-refractivity contribution >= 4 is 5.91 Å². The molecule has 0 saturated carbocycles. The minimum absolute atomic E-state index is 0.0522. The van der Waals surface area contributed by atoms with E-state index in [4.69, 9.17) is 0 Å². The Morgan fingerprint density at radius 1 is 1.33 bits per heavy atom. The van der Waals surface area contributed by atoms with Crippen LogP contribution in [-0.4, -0.2) is 51.4 Å². The van der Waals surface area contributed by atoms with Gasteiger partial charge in [0.05, 0.1) is 18.2 Å². The lowest BCUT2D eigenvalue weighted by atomic mass is 9.89. The zero-order valence-corrected chi connectivity index (χ0v) is 15.8. The molecular weight excluding hydrogens is 340 g/mol. The van der Waals surface area contributed by atoms with Crippen molar-refractivity contribution in [3.05, 3.63) is 53.9 Å². The minimum Gasteiger partial charge on any atom is -0.388 e. The number of aliphatic hydroxyl groups excluding tert-OH is 1. The third kappa shape index (κ3) is 3.77. The van der Waals surface area contributed by atoms with Gasteiger partial charge in [-0.1, -0.05) is 30.3 Å². The van der Waals surface area contributed by atoms with E-state index in [0.717, 1.165) is 37.1 Å². The van der Waals surface area contributed by atoms with E-state index in [1.807, 2.05) is 54.7 Å². The van der Waals surface area contributed by atoms with Gasteiger partial charge >= 0.3 is 0 Å². The summed E-state index contributed by atoms with van der Waals surface area (Å²) in [6.07, 6.45) is 5.94. The molecule has 2 aliphatic heterocycles. The summed E-state index contributed by atoms with van der Waals surface area (Å²) in [7, 11) is 1.91. The van der Waals surface area contributed by atoms with Crippen molar-refractivity contribution in [3.8, 4) is 0 Å². The Morgan fingerprint density at radius 2 is 2.15 bits per heavy atom. The smallest absolute Gasteiger partial charge is 0.227 e. The van der Waals surface area contributed by atoms with Crippen LogP contribution in [0.3, 0.4) is 0 Å². The second kappa shape index (κ2) is 7.82. The van der Waals surface area contributed by atoms with Gasteiger partial charge in [0.15, 0.2) is 0 Å². The molecule has 4 atom stereocenters. The molecule has 0 radical (unpaired) electrons. The Kier molecular flexibility index (Phi) is 5.27. The highest BCUT2D eigenvalue weighted by Crippen LogP contribution is 2.33. The average Bonchev–Trinajstić information content (AvgIpc) is 3.42. The van der Waals surface area contributed by atoms with Crippen molar-refractivity contribution < 1.29 is 9.90 Å². The van der Waals surface area contributed by atoms with Gasteiger partial charge in [-0.25, -0.2) is 0 Å². The SMILES string of the molecule is Cn1cc([C@H]2CNC[C@@H]2C(=O)N2CCCC2CC(O)c2ccccc2)cn1. The molecule has 0 spiro atoms. The summed E-state index contributed by atoms with van der Waals surface area (Å²) in [5.41, 5.74) is 2.05. The summed E-state index contributed by atoms with van der Waals surface area (Å²) in [5, 5.41) is 18.3. The molecule has 2 aliphatic rings. The molecule has 2 saturated heterocycles. The van der Waals surface area contributed by atoms with E-state index >= 15 is 0 Å². The van der Waals surface area contributed by atoms with Gasteiger partial charge < -0.3 is 15.3 Å². The average molecular weight is 368 g/mol. The van der Waals surface area contributed by atoms with Crippen molar-refractivity contribution in [2.24, 2.45) is 13.0 Å². The summed E-state index contributed by atoms with van der Waals surface area (Å²) >= 11 is 0. The van der Waals surface area contributed by atoms with E-state index in [1.54, 1.807) is 4.68 Å². The van der Waals surface area contributed by atoms with Crippen molar-refractivity contribution in [3.63, 3.8) is 0 Å². The molecule has 2 unspecified atom stereocenters. The van der Waals surface area contributed by atoms with Gasteiger partial charge in [0.25, 0.3) is 0 Å². The fourth-order valence-corrected chi connectivity index (χ4v) is 4.57. The number of hydrogen-bond acceptors (Lipinski definition) is 4. The maximum absolute atomic E-state index is 13.3. The van der Waals surface area contributed by atoms with Crippen LogP contribution in [0.25, 0.3) is 0 Å². The zero-order chi connectivity index (χ0) is 18.8. The first kappa shape index (κ1) is 18.2. The first-order valence-corrected chi connectivity index (χ1v) is 9.86. The highest BCUT2D eigenvalue weighted by atomic mass is 16.3. The molecule has 144 valence electrons. The predicted octanol–water partition coefficient (Wildman–Crippen LogP) is 1.84. The number of nitrogens with zero attached hydrogens (tertiary/aromatic N) is 3. The zero-order valence-electron chi connectivity index (χ0n) is 15.8. The second-order valence-corrected chi connectivity index (χ2v) is 7.81. The van der Waals surface area contributed by atoms with Gasteiger partial charge in [0.1, 0.15) is 0 Å². The summed E-state index contributed by atoms with van der Waals surface area (Å²) in [5.74, 6) is 0.340. The number of amides is 1. The molecule has 6 heteroatoms. The van der Waals surface area contributed by atoms with Crippen LogP contribution < -0.4 is 5.32 Å². The first-order valence-electron chi connectivity index (χ1n) is 9.86. The molecule has 1 aromatic carbocycles. The molecule has 1 aromatic heterocycles. The van der Waals surface area contributed by atoms with Gasteiger partial charge in [-0.15, -0.1) is 0 Å². The van der Waals surface area contributed by atoms with Crippen LogP contribution in [0.1, 0.15) is 42.4 Å². The standard InChI is InChI=1S/C21H28N4O2/c1-24-14-16(11-23-24)18-12-22-13-19(18)21(27)25-9-5-8-17(25)10-20(26)15-6-3-2-4-7-15/h2-4,6-7,11,14,17-20,22,26H,5,8-10,12-13H2,1H3/t17?,18-,19+,20?/m1/s1. The number of aromatic nitrogens is 2. The van der Waals surface area contributed by atoms with Crippen LogP contribution in [-0.2, 0) is 11.8 Å². The molecule has 2 fully saturated rings. The molecule has 0 aliphatic carbocycles. The van der Waals surface area contributed by atoms with Crippen LogP contribution in [0.4, 0.5) is 0 Å². The van der Waals surface area contributed by atoms with Crippen molar-refractivity contribution in [2.75, 3.05) is 19.6 Å². The molecule has 3 heterocycles. The van der Waals surface area contributed by atoms with E-state index in [1.165, 1.54) is 0 Å². The van der Waals surface area contributed by atoms with Crippen LogP contribution in [0.15, 0.2) is 42.7 Å². The van der Waals surface area contributed by atoms with Gasteiger partial charge in [0.2, 0.25) is 5.91 Å². The third-order valence-corrected chi connectivity index (χ3v) is 6.02. The lowest BCUT2D eigenvalue weighted by Gasteiger charge is -2.30. The number of aliphatic hydroxyl groups is 1. The molecule has 1 amide bonds. The number of aryl methyl sites for hydroxylation is 1. The van der Waals surface area contributed by atoms with Crippen LogP contribution in [0.2, 0.25) is 0 Å². The quantitative estimate of drug-likeness (QED) is 0.845. The normalized spacial score (nSPS) is 26.4. The topological polar surface area (TPSA) is 70.4 Å². The molecular formula is C21H28N4O2. The summed E-state index contributed by atoms with van der Waals surface area (Å²) in [6.45, 7) is 2.32. The van der Waals surface area contributed by atoms with E-state index in [9.17, 15) is 9.90 Å². The van der Waals surface area contributed by atoms with Gasteiger partial charge in [-0.2, -0.15) is 5.10 Å². The van der Waals surface area contributed by atoms with E-state index < -0.39 is 6.10 Å². The number of rotatable bonds is 5. The molecule has 2 N–H and O–H groups in total. The fraction of sp³-hybridized carbons (Fsp3) is 0.524. The lowest BCUT2D eigenvalue weighted by Crippen LogP contribution is -2.42. The van der Waals surface area contributed by atoms with Crippen molar-refractivity contribution in [1.29, 1.82) is 0 Å². The maximum atomic E-state index is 13.3. The Balaban J connectivity index is 1.45. The molecule has 4 rings (SSSR count). The third-order valence-electron chi connectivity index (χ3n) is 6.02. The van der Waals surface area contributed by atoms with E-state index in [0.29, 0.717) is 13.0 Å². The molecule has 0 bridgehead atoms. The maximum Gasteiger partial charge on any atom is 0.227 e. The minimum atomic E-state index is -0.527. The van der Waals surface area contributed by atoms with E-state index in [-0.39, 0.29) is 23.8 Å². The van der Waals surface area contributed by atoms with Crippen molar-refractivity contribution in [2.45, 2.75) is 37.3 Å². The van der Waals surface area contributed by atoms with Crippen LogP contribution >= 0.6 is 0 Å². The summed E-state index contributed by atoms with van der Waals surface area (Å²) in [4.78, 5) is 15.4. The molecule has 6 nitrogen and oxygen atoms in total.